The molecule has 0 saturated carbocycles. The van der Waals surface area contributed by atoms with Gasteiger partial charge in [-0.15, -0.1) is 0 Å². The molecule has 6 nitrogen and oxygen atoms in total. The summed E-state index contributed by atoms with van der Waals surface area (Å²) in [6.07, 6.45) is 0. The summed E-state index contributed by atoms with van der Waals surface area (Å²) in [5.41, 5.74) is 1.31. The Hall–Kier alpha value is -2.34. The number of nitrogens with zero attached hydrogens (tertiary/aromatic N) is 2. The molecule has 6 heteroatoms. The number of ether oxygens (including phenoxy) is 1. The number of amides is 1. The Morgan fingerprint density at radius 1 is 1.41 bits per heavy atom. The van der Waals surface area contributed by atoms with Crippen LogP contribution in [0.1, 0.15) is 27.9 Å². The van der Waals surface area contributed by atoms with Gasteiger partial charge in [-0.25, -0.2) is 0 Å². The molecule has 0 fully saturated rings. The molecule has 2 rings (SSSR count). The van der Waals surface area contributed by atoms with Crippen LogP contribution in [0.5, 0.6) is 5.75 Å². The van der Waals surface area contributed by atoms with Crippen LogP contribution in [-0.4, -0.2) is 43.7 Å². The summed E-state index contributed by atoms with van der Waals surface area (Å²) in [6.45, 7) is 2.19. The van der Waals surface area contributed by atoms with Gasteiger partial charge in [0.2, 0.25) is 0 Å². The number of nitrogens with one attached hydrogen (secondary N) is 1. The molecule has 0 radical (unpaired) electrons. The minimum atomic E-state index is -0.251. The van der Waals surface area contributed by atoms with Crippen LogP contribution in [0.15, 0.2) is 34.9 Å². The summed E-state index contributed by atoms with van der Waals surface area (Å²) in [5.74, 6) is 1.16. The summed E-state index contributed by atoms with van der Waals surface area (Å²) >= 11 is 0. The van der Waals surface area contributed by atoms with Gasteiger partial charge in [-0.1, -0.05) is 23.4 Å². The third-order valence-corrected chi connectivity index (χ3v) is 3.44. The second-order valence-electron chi connectivity index (χ2n) is 5.25. The molecule has 2 aromatic rings. The van der Waals surface area contributed by atoms with Crippen LogP contribution in [-0.2, 0) is 0 Å². The molecule has 1 aromatic heterocycles. The van der Waals surface area contributed by atoms with Crippen molar-refractivity contribution in [1.82, 2.24) is 15.4 Å². The fourth-order valence-electron chi connectivity index (χ4n) is 2.27. The Kier molecular flexibility index (Phi) is 5.16. The van der Waals surface area contributed by atoms with E-state index in [1.54, 1.807) is 20.1 Å². The van der Waals surface area contributed by atoms with Crippen LogP contribution in [0.25, 0.3) is 0 Å². The van der Waals surface area contributed by atoms with Gasteiger partial charge in [-0.2, -0.15) is 0 Å². The highest BCUT2D eigenvalue weighted by atomic mass is 16.5. The van der Waals surface area contributed by atoms with Crippen molar-refractivity contribution in [3.8, 4) is 5.75 Å². The highest BCUT2D eigenvalue weighted by Gasteiger charge is 2.20. The molecule has 0 aliphatic rings. The van der Waals surface area contributed by atoms with Crippen molar-refractivity contribution in [3.05, 3.63) is 47.3 Å². The maximum Gasteiger partial charge on any atom is 0.273 e. The second kappa shape index (κ2) is 7.09. The molecule has 1 unspecified atom stereocenters. The van der Waals surface area contributed by atoms with Crippen molar-refractivity contribution >= 4 is 5.91 Å². The van der Waals surface area contributed by atoms with Crippen LogP contribution in [0.3, 0.4) is 0 Å². The molecule has 0 bridgehead atoms. The number of hydrogen-bond acceptors (Lipinski definition) is 5. The van der Waals surface area contributed by atoms with Gasteiger partial charge in [0.1, 0.15) is 11.5 Å². The average Bonchev–Trinajstić information content (AvgIpc) is 2.94. The lowest BCUT2D eigenvalue weighted by molar-refractivity contribution is 0.0932. The molecule has 22 heavy (non-hydrogen) atoms. The van der Waals surface area contributed by atoms with Gasteiger partial charge >= 0.3 is 0 Å². The largest absolute Gasteiger partial charge is 0.496 e. The number of aryl methyl sites for hydroxylation is 1. The first-order valence-electron chi connectivity index (χ1n) is 7.03. The second-order valence-corrected chi connectivity index (χ2v) is 5.25. The van der Waals surface area contributed by atoms with E-state index < -0.39 is 0 Å². The summed E-state index contributed by atoms with van der Waals surface area (Å²) < 4.78 is 10.3. The lowest BCUT2D eigenvalue weighted by Crippen LogP contribution is -2.34. The van der Waals surface area contributed by atoms with Crippen molar-refractivity contribution < 1.29 is 14.1 Å². The van der Waals surface area contributed by atoms with E-state index in [1.807, 2.05) is 43.3 Å². The van der Waals surface area contributed by atoms with Gasteiger partial charge in [0.15, 0.2) is 5.69 Å². The quantitative estimate of drug-likeness (QED) is 0.884. The fraction of sp³-hybridized carbons (Fsp3) is 0.375. The number of benzene rings is 1. The van der Waals surface area contributed by atoms with Crippen LogP contribution >= 0.6 is 0 Å². The highest BCUT2D eigenvalue weighted by Crippen LogP contribution is 2.27. The smallest absolute Gasteiger partial charge is 0.273 e. The van der Waals surface area contributed by atoms with Crippen molar-refractivity contribution in [1.29, 1.82) is 0 Å². The zero-order valence-electron chi connectivity index (χ0n) is 13.3. The number of rotatable bonds is 6. The van der Waals surface area contributed by atoms with E-state index in [0.717, 1.165) is 11.3 Å². The Morgan fingerprint density at radius 2 is 2.14 bits per heavy atom. The van der Waals surface area contributed by atoms with E-state index >= 15 is 0 Å². The van der Waals surface area contributed by atoms with Crippen molar-refractivity contribution in [2.45, 2.75) is 13.0 Å². The lowest BCUT2D eigenvalue weighted by atomic mass is 10.0. The minimum Gasteiger partial charge on any atom is -0.496 e. The maximum atomic E-state index is 12.1. The molecule has 0 saturated heterocycles. The van der Waals surface area contributed by atoms with Crippen molar-refractivity contribution in [2.75, 3.05) is 27.7 Å². The lowest BCUT2D eigenvalue weighted by Gasteiger charge is -2.26. The Labute approximate surface area is 130 Å². The molecule has 0 spiro atoms. The minimum absolute atomic E-state index is 0.00639. The van der Waals surface area contributed by atoms with E-state index in [2.05, 4.69) is 10.5 Å². The molecular weight excluding hydrogens is 282 g/mol. The first-order valence-corrected chi connectivity index (χ1v) is 7.03. The maximum absolute atomic E-state index is 12.1. The highest BCUT2D eigenvalue weighted by molar-refractivity contribution is 5.92. The van der Waals surface area contributed by atoms with E-state index in [0.29, 0.717) is 12.3 Å². The van der Waals surface area contributed by atoms with Gasteiger partial charge in [0.05, 0.1) is 13.2 Å². The molecule has 1 N–H and O–H groups in total. The number of aromatic nitrogens is 1. The molecule has 1 heterocycles. The van der Waals surface area contributed by atoms with Crippen molar-refractivity contribution in [3.63, 3.8) is 0 Å². The first kappa shape index (κ1) is 16.0. The topological polar surface area (TPSA) is 67.6 Å². The van der Waals surface area contributed by atoms with Gasteiger partial charge in [-0.05, 0) is 27.1 Å². The van der Waals surface area contributed by atoms with Gasteiger partial charge in [0.25, 0.3) is 5.91 Å². The third-order valence-electron chi connectivity index (χ3n) is 3.44. The molecule has 0 aliphatic heterocycles. The third kappa shape index (κ3) is 3.65. The Balaban J connectivity index is 2.11. The summed E-state index contributed by atoms with van der Waals surface area (Å²) in [7, 11) is 5.56. The molecular formula is C16H21N3O3. The van der Waals surface area contributed by atoms with Crippen LogP contribution in [0.4, 0.5) is 0 Å². The van der Waals surface area contributed by atoms with Gasteiger partial charge < -0.3 is 19.5 Å². The van der Waals surface area contributed by atoms with Gasteiger partial charge in [0, 0.05) is 18.2 Å². The van der Waals surface area contributed by atoms with Gasteiger partial charge in [-0.3, -0.25) is 4.79 Å². The molecule has 0 aliphatic carbocycles. The summed E-state index contributed by atoms with van der Waals surface area (Å²) in [6, 6.07) is 9.39. The van der Waals surface area contributed by atoms with E-state index in [1.165, 1.54) is 0 Å². The average molecular weight is 303 g/mol. The number of hydrogen-bond donors (Lipinski definition) is 1. The molecule has 1 atom stereocenters. The molecule has 1 aromatic carbocycles. The van der Waals surface area contributed by atoms with Crippen LogP contribution < -0.4 is 10.1 Å². The Morgan fingerprint density at radius 3 is 2.73 bits per heavy atom. The predicted molar refractivity (Wildman–Crippen MR) is 83.0 cm³/mol. The normalized spacial score (nSPS) is 12.2. The zero-order chi connectivity index (χ0) is 16.1. The number of methoxy groups -OCH3 is 1. The van der Waals surface area contributed by atoms with Crippen LogP contribution in [0.2, 0.25) is 0 Å². The van der Waals surface area contributed by atoms with E-state index in [9.17, 15) is 4.79 Å². The fourth-order valence-corrected chi connectivity index (χ4v) is 2.27. The number of carbonyl (C=O) groups is 1. The standard InChI is InChI=1S/C16H21N3O3/c1-11-9-13(18-22-11)16(20)17-10-14(19(2)3)12-7-5-6-8-15(12)21-4/h5-9,14H,10H2,1-4H3,(H,17,20). The van der Waals surface area contributed by atoms with Crippen LogP contribution in [0, 0.1) is 6.92 Å². The molecule has 1 amide bonds. The first-order chi connectivity index (χ1) is 10.5. The predicted octanol–water partition coefficient (Wildman–Crippen LogP) is 2.02. The Bertz CT molecular complexity index is 637. The molecule has 118 valence electrons. The number of carbonyl (C=O) groups excluding carboxylic acids is 1. The number of para-hydroxylation sites is 1. The monoisotopic (exact) mass is 303 g/mol. The summed E-state index contributed by atoms with van der Waals surface area (Å²) in [4.78, 5) is 14.1. The summed E-state index contributed by atoms with van der Waals surface area (Å²) in [5, 5.41) is 6.60. The zero-order valence-corrected chi connectivity index (χ0v) is 13.3. The van der Waals surface area contributed by atoms with Crippen molar-refractivity contribution in [2.24, 2.45) is 0 Å². The van der Waals surface area contributed by atoms with E-state index in [4.69, 9.17) is 9.26 Å². The number of likely N-dealkylation sites (N-methyl/N-ethyl adjacent to an activating group) is 1. The van der Waals surface area contributed by atoms with E-state index in [-0.39, 0.29) is 17.6 Å². The SMILES string of the molecule is COc1ccccc1C(CNC(=O)c1cc(C)on1)N(C)C.